The summed E-state index contributed by atoms with van der Waals surface area (Å²) in [4.78, 5) is 63.2. The summed E-state index contributed by atoms with van der Waals surface area (Å²) in [7, 11) is 4.30. The summed E-state index contributed by atoms with van der Waals surface area (Å²) in [6.45, 7) is 13.4. The van der Waals surface area contributed by atoms with E-state index in [4.69, 9.17) is 14.7 Å². The summed E-state index contributed by atoms with van der Waals surface area (Å²) < 4.78 is 5.55. The Balaban J connectivity index is 0.000000183. The third kappa shape index (κ3) is 13.8. The van der Waals surface area contributed by atoms with Gasteiger partial charge >= 0.3 is 6.09 Å². The van der Waals surface area contributed by atoms with Crippen molar-refractivity contribution in [1.29, 1.82) is 0 Å². The molecule has 4 aromatic heterocycles. The molecule has 2 aromatic carbocycles. The molecule has 4 saturated heterocycles. The number of nitrogens with one attached hydrogen (secondary N) is 3. The van der Waals surface area contributed by atoms with Crippen molar-refractivity contribution in [2.75, 3.05) is 77.1 Å². The number of ether oxygens (including phenoxy) is 1. The Morgan fingerprint density at radius 1 is 0.589 bits per heavy atom. The average molecular weight is 987 g/mol. The molecule has 6 aromatic rings. The largest absolute Gasteiger partial charge is 0.444 e. The standard InChI is InChI=1S/C32H41N5O3.C27H33N5O/c1-32(2,3)40-31(39)37-17-12-25(13-18-37)34-29-20-28(35-27-9-14-33-21-26(27)29)23-5-7-24(8-6-23)30(38)19-22-10-15-36(4)16-11-22;1-32-14-9-19(10-15-32)16-27(33)21-4-2-20(3-5-21)25-17-26(30-22-6-11-28-12-7-22)23-18-29-13-8-24(23)31-25/h5-9,14,20-22,25H,10-13,15-19H2,1-4H3,(H,34,35);2-5,8,13,17-19,22,28H,6-7,9-12,14-16H2,1H3,(H,30,31). The Bertz CT molecular complexity index is 2820. The second-order valence-electron chi connectivity index (χ2n) is 21.9. The molecule has 0 spiro atoms. The van der Waals surface area contributed by atoms with Crippen molar-refractivity contribution in [3.8, 4) is 22.5 Å². The number of pyridine rings is 4. The van der Waals surface area contributed by atoms with E-state index in [1.54, 1.807) is 17.3 Å². The fourth-order valence-corrected chi connectivity index (χ4v) is 10.6. The number of Topliss-reactive ketones (excluding diaryl/α,β-unsaturated/α-hetero) is 2. The number of nitrogens with zero attached hydrogens (tertiary/aromatic N) is 7. The molecule has 0 atom stereocenters. The van der Waals surface area contributed by atoms with Crippen molar-refractivity contribution < 1.29 is 19.1 Å². The highest BCUT2D eigenvalue weighted by molar-refractivity contribution is 5.98. The molecular formula is C59H74N10O4. The number of carbonyl (C=O) groups excluding carboxylic acids is 3. The molecule has 384 valence electrons. The van der Waals surface area contributed by atoms with Crippen molar-refractivity contribution in [1.82, 2.24) is 40.0 Å². The van der Waals surface area contributed by atoms with Gasteiger partial charge in [0.1, 0.15) is 5.60 Å². The van der Waals surface area contributed by atoms with Gasteiger partial charge in [-0.15, -0.1) is 0 Å². The minimum absolute atomic E-state index is 0.219. The Morgan fingerprint density at radius 2 is 1.01 bits per heavy atom. The van der Waals surface area contributed by atoms with Crippen LogP contribution in [-0.4, -0.2) is 136 Å². The fraction of sp³-hybridized carbons (Fsp3) is 0.475. The van der Waals surface area contributed by atoms with Gasteiger partial charge in [-0.2, -0.15) is 0 Å². The second kappa shape index (κ2) is 23.7. The molecule has 14 heteroatoms. The van der Waals surface area contributed by atoms with E-state index >= 15 is 0 Å². The number of fused-ring (bicyclic) bond motifs is 2. The lowest BCUT2D eigenvalue weighted by atomic mass is 9.90. The molecule has 0 saturated carbocycles. The van der Waals surface area contributed by atoms with Crippen molar-refractivity contribution in [3.63, 3.8) is 0 Å². The highest BCUT2D eigenvalue weighted by Gasteiger charge is 2.28. The maximum absolute atomic E-state index is 12.9. The van der Waals surface area contributed by atoms with Crippen LogP contribution in [-0.2, 0) is 4.74 Å². The lowest BCUT2D eigenvalue weighted by Crippen LogP contribution is -2.44. The smallest absolute Gasteiger partial charge is 0.410 e. The molecule has 0 bridgehead atoms. The maximum Gasteiger partial charge on any atom is 0.410 e. The summed E-state index contributed by atoms with van der Waals surface area (Å²) in [5.41, 5.74) is 8.69. The molecule has 73 heavy (non-hydrogen) atoms. The monoisotopic (exact) mass is 987 g/mol. The fourth-order valence-electron chi connectivity index (χ4n) is 10.6. The van der Waals surface area contributed by atoms with Gasteiger partial charge in [-0.05, 0) is 162 Å². The maximum atomic E-state index is 12.9. The molecule has 4 fully saturated rings. The number of benzene rings is 2. The van der Waals surface area contributed by atoms with Crippen LogP contribution in [0.3, 0.4) is 0 Å². The first-order chi connectivity index (χ1) is 35.3. The van der Waals surface area contributed by atoms with Gasteiger partial charge < -0.3 is 35.4 Å². The van der Waals surface area contributed by atoms with E-state index in [0.717, 1.165) is 157 Å². The highest BCUT2D eigenvalue weighted by Crippen LogP contribution is 2.33. The van der Waals surface area contributed by atoms with Crippen molar-refractivity contribution in [2.45, 2.75) is 103 Å². The molecular weight excluding hydrogens is 913 g/mol. The number of amides is 1. The van der Waals surface area contributed by atoms with Crippen LogP contribution in [0.4, 0.5) is 16.2 Å². The highest BCUT2D eigenvalue weighted by atomic mass is 16.6. The third-order valence-electron chi connectivity index (χ3n) is 15.1. The Kier molecular flexibility index (Phi) is 16.7. The summed E-state index contributed by atoms with van der Waals surface area (Å²) >= 11 is 0. The van der Waals surface area contributed by atoms with Crippen LogP contribution in [0.15, 0.2) is 97.6 Å². The molecule has 4 aliphatic rings. The van der Waals surface area contributed by atoms with Crippen LogP contribution in [0.5, 0.6) is 0 Å². The first-order valence-corrected chi connectivity index (χ1v) is 26.7. The predicted molar refractivity (Wildman–Crippen MR) is 292 cm³/mol. The number of likely N-dealkylation sites (tertiary alicyclic amines) is 3. The van der Waals surface area contributed by atoms with E-state index in [0.29, 0.717) is 43.8 Å². The number of carbonyl (C=O) groups is 3. The molecule has 4 aliphatic heterocycles. The van der Waals surface area contributed by atoms with Crippen LogP contribution in [0, 0.1) is 11.8 Å². The first-order valence-electron chi connectivity index (χ1n) is 26.7. The second-order valence-corrected chi connectivity index (χ2v) is 21.9. The Labute approximate surface area is 431 Å². The van der Waals surface area contributed by atoms with Crippen molar-refractivity contribution in [3.05, 3.63) is 109 Å². The normalized spacial score (nSPS) is 18.0. The van der Waals surface area contributed by atoms with Gasteiger partial charge in [0.25, 0.3) is 0 Å². The van der Waals surface area contributed by atoms with Gasteiger partial charge in [0.2, 0.25) is 0 Å². The van der Waals surface area contributed by atoms with E-state index in [9.17, 15) is 14.4 Å². The van der Waals surface area contributed by atoms with Crippen molar-refractivity contribution in [2.24, 2.45) is 11.8 Å². The lowest BCUT2D eigenvalue weighted by Gasteiger charge is -2.34. The first kappa shape index (κ1) is 51.5. The van der Waals surface area contributed by atoms with Gasteiger partial charge in [0.15, 0.2) is 11.6 Å². The SMILES string of the molecule is CN1CCC(CC(=O)c2ccc(-c3cc(NC4CCN(C(=O)OC(C)(C)C)CC4)c4cnccc4n3)cc2)CC1.CN1CCC(CC(=O)c2ccc(-c3cc(NC4CCNCC4)c4cnccc4n3)cc2)CC1. The molecule has 10 rings (SSSR count). The van der Waals surface area contributed by atoms with Crippen LogP contribution in [0.1, 0.15) is 106 Å². The molecule has 0 aliphatic carbocycles. The van der Waals surface area contributed by atoms with Gasteiger partial charge in [0.05, 0.1) is 22.4 Å². The number of hydrogen-bond acceptors (Lipinski definition) is 13. The van der Waals surface area contributed by atoms with E-state index in [2.05, 4.69) is 61.9 Å². The molecule has 8 heterocycles. The number of piperidine rings is 4. The van der Waals surface area contributed by atoms with E-state index < -0.39 is 5.60 Å². The van der Waals surface area contributed by atoms with Crippen LogP contribution in [0.25, 0.3) is 44.3 Å². The lowest BCUT2D eigenvalue weighted by molar-refractivity contribution is 0.0210. The minimum Gasteiger partial charge on any atom is -0.444 e. The van der Waals surface area contributed by atoms with E-state index in [1.165, 1.54) is 0 Å². The summed E-state index contributed by atoms with van der Waals surface area (Å²) in [5.74, 6) is 1.46. The van der Waals surface area contributed by atoms with Crippen LogP contribution < -0.4 is 16.0 Å². The molecule has 0 radical (unpaired) electrons. The molecule has 1 amide bonds. The van der Waals surface area contributed by atoms with E-state index in [-0.39, 0.29) is 23.7 Å². The van der Waals surface area contributed by atoms with Crippen LogP contribution in [0.2, 0.25) is 0 Å². The predicted octanol–water partition coefficient (Wildman–Crippen LogP) is 10.4. The third-order valence-corrected chi connectivity index (χ3v) is 15.1. The zero-order chi connectivity index (χ0) is 50.9. The Hall–Kier alpha value is -6.35. The Morgan fingerprint density at radius 3 is 1.44 bits per heavy atom. The number of rotatable bonds is 12. The quantitative estimate of drug-likeness (QED) is 0.0996. The minimum atomic E-state index is -0.496. The number of ketones is 2. The average Bonchev–Trinajstić information content (AvgIpc) is 3.40. The van der Waals surface area contributed by atoms with Gasteiger partial charge in [-0.3, -0.25) is 19.6 Å². The number of anilines is 2. The zero-order valence-corrected chi connectivity index (χ0v) is 43.5. The summed E-state index contributed by atoms with van der Waals surface area (Å²) in [5, 5.41) is 12.9. The van der Waals surface area contributed by atoms with Gasteiger partial charge in [-0.1, -0.05) is 48.5 Å². The van der Waals surface area contributed by atoms with E-state index in [1.807, 2.05) is 93.8 Å². The molecule has 0 unspecified atom stereocenters. The number of aromatic nitrogens is 4. The zero-order valence-electron chi connectivity index (χ0n) is 43.5. The number of hydrogen-bond donors (Lipinski definition) is 3. The topological polar surface area (TPSA) is 158 Å². The van der Waals surface area contributed by atoms with Crippen molar-refractivity contribution >= 4 is 50.8 Å². The van der Waals surface area contributed by atoms with Gasteiger partial charge in [-0.25, -0.2) is 14.8 Å². The molecule has 14 nitrogen and oxygen atoms in total. The summed E-state index contributed by atoms with van der Waals surface area (Å²) in [6, 6.07) is 24.6. The molecule has 3 N–H and O–H groups in total. The summed E-state index contributed by atoms with van der Waals surface area (Å²) in [6.07, 6.45) is 16.6. The van der Waals surface area contributed by atoms with Crippen LogP contribution >= 0.6 is 0 Å². The van der Waals surface area contributed by atoms with Gasteiger partial charge in [0, 0.05) is 107 Å².